The molecule has 84 valence electrons. The van der Waals surface area contributed by atoms with Crippen LogP contribution >= 0.6 is 12.6 Å². The van der Waals surface area contributed by atoms with Crippen LogP contribution in [0.15, 0.2) is 0 Å². The summed E-state index contributed by atoms with van der Waals surface area (Å²) in [6.45, 7) is 11.0. The van der Waals surface area contributed by atoms with E-state index in [1.807, 2.05) is 6.92 Å². The van der Waals surface area contributed by atoms with Gasteiger partial charge in [-0.05, 0) is 26.9 Å². The second-order valence-corrected chi connectivity index (χ2v) is 4.35. The third-order valence-corrected chi connectivity index (χ3v) is 2.43. The summed E-state index contributed by atoms with van der Waals surface area (Å²) < 4.78 is 0. The van der Waals surface area contributed by atoms with Crippen molar-refractivity contribution < 1.29 is 4.79 Å². The molecule has 0 fully saturated rings. The van der Waals surface area contributed by atoms with Gasteiger partial charge in [0.2, 0.25) is 5.91 Å². The van der Waals surface area contributed by atoms with Gasteiger partial charge in [0.15, 0.2) is 0 Å². The molecule has 3 nitrogen and oxygen atoms in total. The molecule has 0 aromatic carbocycles. The molecule has 4 heteroatoms. The van der Waals surface area contributed by atoms with Gasteiger partial charge >= 0.3 is 0 Å². The number of likely N-dealkylation sites (N-methyl/N-ethyl adjacent to an activating group) is 1. The Morgan fingerprint density at radius 2 is 1.86 bits per heavy atom. The maximum Gasteiger partial charge on any atom is 0.232 e. The van der Waals surface area contributed by atoms with Crippen molar-refractivity contribution in [2.24, 2.45) is 0 Å². The molecule has 1 N–H and O–H groups in total. The number of hydrogen-bond donors (Lipinski definition) is 2. The van der Waals surface area contributed by atoms with E-state index in [0.29, 0.717) is 0 Å². The molecule has 0 aliphatic rings. The number of carbonyl (C=O) groups is 1. The summed E-state index contributed by atoms with van der Waals surface area (Å²) in [4.78, 5) is 13.6. The minimum absolute atomic E-state index is 0.00740. The van der Waals surface area contributed by atoms with Crippen LogP contribution in [-0.4, -0.2) is 41.7 Å². The van der Waals surface area contributed by atoms with E-state index < -0.39 is 0 Å². The SMILES string of the molecule is CCN(CC)CC(C)NC(=O)C(C)S. The molecule has 0 aliphatic carbocycles. The lowest BCUT2D eigenvalue weighted by molar-refractivity contribution is -0.120. The molecular formula is C10H22N2OS. The van der Waals surface area contributed by atoms with Gasteiger partial charge in [0.1, 0.15) is 0 Å². The van der Waals surface area contributed by atoms with E-state index in [4.69, 9.17) is 0 Å². The van der Waals surface area contributed by atoms with Crippen molar-refractivity contribution in [1.82, 2.24) is 10.2 Å². The second-order valence-electron chi connectivity index (χ2n) is 3.57. The maximum atomic E-state index is 11.3. The van der Waals surface area contributed by atoms with Crippen LogP contribution in [0.3, 0.4) is 0 Å². The molecule has 0 radical (unpaired) electrons. The van der Waals surface area contributed by atoms with Gasteiger partial charge < -0.3 is 10.2 Å². The lowest BCUT2D eigenvalue weighted by Crippen LogP contribution is -2.44. The minimum atomic E-state index is -0.228. The predicted octanol–water partition coefficient (Wildman–Crippen LogP) is 1.15. The number of nitrogens with one attached hydrogen (secondary N) is 1. The summed E-state index contributed by atoms with van der Waals surface area (Å²) in [5.74, 6) is 0.00740. The quantitative estimate of drug-likeness (QED) is 0.656. The van der Waals surface area contributed by atoms with Gasteiger partial charge in [-0.2, -0.15) is 12.6 Å². The normalized spacial score (nSPS) is 15.3. The first-order valence-electron chi connectivity index (χ1n) is 5.22. The molecule has 0 aromatic heterocycles. The molecule has 0 heterocycles. The standard InChI is InChI=1S/C10H22N2OS/c1-5-12(6-2)7-8(3)11-10(13)9(4)14/h8-9,14H,5-7H2,1-4H3,(H,11,13). The van der Waals surface area contributed by atoms with E-state index in [9.17, 15) is 4.79 Å². The monoisotopic (exact) mass is 218 g/mol. The highest BCUT2D eigenvalue weighted by Crippen LogP contribution is 1.95. The summed E-state index contributed by atoms with van der Waals surface area (Å²) in [6, 6.07) is 0.192. The number of amides is 1. The number of hydrogen-bond acceptors (Lipinski definition) is 3. The lowest BCUT2D eigenvalue weighted by atomic mass is 10.3. The van der Waals surface area contributed by atoms with Gasteiger partial charge in [-0.1, -0.05) is 13.8 Å². The second kappa shape index (κ2) is 7.12. The number of rotatable bonds is 6. The Bertz CT molecular complexity index is 170. The fraction of sp³-hybridized carbons (Fsp3) is 0.900. The number of carbonyl (C=O) groups excluding carboxylic acids is 1. The molecule has 2 atom stereocenters. The topological polar surface area (TPSA) is 32.3 Å². The molecule has 1 amide bonds. The molecule has 0 aliphatic heterocycles. The van der Waals surface area contributed by atoms with E-state index in [1.165, 1.54) is 0 Å². The fourth-order valence-electron chi connectivity index (χ4n) is 1.28. The van der Waals surface area contributed by atoms with Crippen LogP contribution in [-0.2, 0) is 4.79 Å². The van der Waals surface area contributed by atoms with Crippen molar-refractivity contribution in [3.63, 3.8) is 0 Å². The Morgan fingerprint density at radius 1 is 1.36 bits per heavy atom. The van der Waals surface area contributed by atoms with Crippen molar-refractivity contribution in [1.29, 1.82) is 0 Å². The lowest BCUT2D eigenvalue weighted by Gasteiger charge is -2.23. The summed E-state index contributed by atoms with van der Waals surface area (Å²) >= 11 is 4.08. The van der Waals surface area contributed by atoms with Crippen LogP contribution in [0.1, 0.15) is 27.7 Å². The van der Waals surface area contributed by atoms with Crippen LogP contribution in [0.2, 0.25) is 0 Å². The van der Waals surface area contributed by atoms with Crippen LogP contribution in [0.25, 0.3) is 0 Å². The van der Waals surface area contributed by atoms with E-state index >= 15 is 0 Å². The van der Waals surface area contributed by atoms with Gasteiger partial charge in [0.05, 0.1) is 5.25 Å². The first kappa shape index (κ1) is 13.8. The van der Waals surface area contributed by atoms with Gasteiger partial charge in [-0.3, -0.25) is 4.79 Å². The molecule has 0 saturated heterocycles. The van der Waals surface area contributed by atoms with E-state index in [1.54, 1.807) is 6.92 Å². The number of thiol groups is 1. The Morgan fingerprint density at radius 3 is 2.21 bits per heavy atom. The molecule has 2 unspecified atom stereocenters. The van der Waals surface area contributed by atoms with Crippen molar-refractivity contribution in [3.8, 4) is 0 Å². The average molecular weight is 218 g/mol. The first-order chi connectivity index (χ1) is 6.51. The van der Waals surface area contributed by atoms with E-state index in [0.717, 1.165) is 19.6 Å². The first-order valence-corrected chi connectivity index (χ1v) is 5.73. The van der Waals surface area contributed by atoms with Crippen LogP contribution in [0.4, 0.5) is 0 Å². The van der Waals surface area contributed by atoms with Crippen LogP contribution in [0, 0.1) is 0 Å². The van der Waals surface area contributed by atoms with Crippen molar-refractivity contribution in [2.45, 2.75) is 39.0 Å². The highest BCUT2D eigenvalue weighted by Gasteiger charge is 2.12. The summed E-state index contributed by atoms with van der Waals surface area (Å²) in [5.41, 5.74) is 0. The molecule has 0 bridgehead atoms. The fourth-order valence-corrected chi connectivity index (χ4v) is 1.35. The average Bonchev–Trinajstić information content (AvgIpc) is 2.13. The molecule has 14 heavy (non-hydrogen) atoms. The molecule has 0 saturated carbocycles. The van der Waals surface area contributed by atoms with E-state index in [2.05, 4.69) is 36.7 Å². The van der Waals surface area contributed by atoms with E-state index in [-0.39, 0.29) is 17.2 Å². The van der Waals surface area contributed by atoms with Gasteiger partial charge in [0, 0.05) is 12.6 Å². The summed E-state index contributed by atoms with van der Waals surface area (Å²) in [5, 5.41) is 2.69. The summed E-state index contributed by atoms with van der Waals surface area (Å²) in [7, 11) is 0. The number of nitrogens with zero attached hydrogens (tertiary/aromatic N) is 1. The van der Waals surface area contributed by atoms with Gasteiger partial charge in [0.25, 0.3) is 0 Å². The zero-order valence-electron chi connectivity index (χ0n) is 9.58. The smallest absolute Gasteiger partial charge is 0.232 e. The molecular weight excluding hydrogens is 196 g/mol. The Labute approximate surface area is 92.7 Å². The van der Waals surface area contributed by atoms with Gasteiger partial charge in [-0.15, -0.1) is 0 Å². The van der Waals surface area contributed by atoms with Crippen molar-refractivity contribution in [2.75, 3.05) is 19.6 Å². The van der Waals surface area contributed by atoms with Crippen LogP contribution in [0.5, 0.6) is 0 Å². The maximum absolute atomic E-state index is 11.3. The Hall–Kier alpha value is -0.220. The van der Waals surface area contributed by atoms with Crippen molar-refractivity contribution >= 4 is 18.5 Å². The zero-order valence-corrected chi connectivity index (χ0v) is 10.5. The molecule has 0 spiro atoms. The van der Waals surface area contributed by atoms with Crippen molar-refractivity contribution in [3.05, 3.63) is 0 Å². The minimum Gasteiger partial charge on any atom is -0.351 e. The highest BCUT2D eigenvalue weighted by atomic mass is 32.1. The summed E-state index contributed by atoms with van der Waals surface area (Å²) in [6.07, 6.45) is 0. The van der Waals surface area contributed by atoms with Gasteiger partial charge in [-0.25, -0.2) is 0 Å². The van der Waals surface area contributed by atoms with Crippen LogP contribution < -0.4 is 5.32 Å². The highest BCUT2D eigenvalue weighted by molar-refractivity contribution is 7.81. The predicted molar refractivity (Wildman–Crippen MR) is 63.8 cm³/mol. The zero-order chi connectivity index (χ0) is 11.1. The molecule has 0 aromatic rings. The Kier molecular flexibility index (Phi) is 7.01. The largest absolute Gasteiger partial charge is 0.351 e. The third kappa shape index (κ3) is 5.50. The third-order valence-electron chi connectivity index (χ3n) is 2.19. The molecule has 0 rings (SSSR count). The Balaban J connectivity index is 3.84.